The molecule has 0 aliphatic rings. The first-order valence-corrected chi connectivity index (χ1v) is 10.9. The Kier molecular flexibility index (Phi) is 6.89. The van der Waals surface area contributed by atoms with Crippen LogP contribution in [0, 0.1) is 0 Å². The normalized spacial score (nSPS) is 11.0. The van der Waals surface area contributed by atoms with Crippen LogP contribution in [-0.2, 0) is 24.3 Å². The first kappa shape index (κ1) is 22.3. The van der Waals surface area contributed by atoms with E-state index in [9.17, 15) is 9.90 Å². The van der Waals surface area contributed by atoms with E-state index in [-0.39, 0.29) is 13.2 Å². The molecule has 4 rings (SSSR count). The molecule has 9 nitrogen and oxygen atoms in total. The van der Waals surface area contributed by atoms with Gasteiger partial charge in [0.2, 0.25) is 5.82 Å². The molecule has 2 N–H and O–H groups in total. The number of imidazole rings is 1. The summed E-state index contributed by atoms with van der Waals surface area (Å²) >= 11 is 0. The van der Waals surface area contributed by atoms with E-state index in [0.29, 0.717) is 30.2 Å². The zero-order valence-corrected chi connectivity index (χ0v) is 18.7. The fourth-order valence-electron chi connectivity index (χ4n) is 3.85. The van der Waals surface area contributed by atoms with Gasteiger partial charge in [-0.3, -0.25) is 0 Å². The molecule has 0 fully saturated rings. The van der Waals surface area contributed by atoms with Gasteiger partial charge < -0.3 is 14.4 Å². The summed E-state index contributed by atoms with van der Waals surface area (Å²) in [5.74, 6) is 0.825. The van der Waals surface area contributed by atoms with Crippen molar-refractivity contribution in [3.05, 3.63) is 71.3 Å². The number of hydrogen-bond acceptors (Lipinski definition) is 7. The molecule has 170 valence electrons. The van der Waals surface area contributed by atoms with E-state index in [1.165, 1.54) is 0 Å². The highest BCUT2D eigenvalue weighted by atomic mass is 16.5. The lowest BCUT2D eigenvalue weighted by molar-refractivity contribution is 0.0510. The van der Waals surface area contributed by atoms with Gasteiger partial charge in [-0.05, 0) is 35.2 Å². The minimum absolute atomic E-state index is 0.256. The second kappa shape index (κ2) is 10.2. The summed E-state index contributed by atoms with van der Waals surface area (Å²) in [6, 6.07) is 16.0. The van der Waals surface area contributed by atoms with Crippen molar-refractivity contribution in [1.82, 2.24) is 30.2 Å². The van der Waals surface area contributed by atoms with Crippen LogP contribution in [0.25, 0.3) is 22.5 Å². The number of H-pyrrole nitrogens is 1. The Morgan fingerprint density at radius 1 is 1.09 bits per heavy atom. The van der Waals surface area contributed by atoms with Crippen molar-refractivity contribution in [2.75, 3.05) is 6.61 Å². The van der Waals surface area contributed by atoms with Crippen LogP contribution in [0.15, 0.2) is 48.5 Å². The maximum atomic E-state index is 12.6. The van der Waals surface area contributed by atoms with Crippen LogP contribution in [0.1, 0.15) is 47.8 Å². The Bertz CT molecular complexity index is 1220. The number of tetrazole rings is 1. The summed E-state index contributed by atoms with van der Waals surface area (Å²) in [7, 11) is 0. The van der Waals surface area contributed by atoms with E-state index in [1.807, 2.05) is 53.1 Å². The molecule has 0 spiro atoms. The van der Waals surface area contributed by atoms with Crippen LogP contribution in [0.3, 0.4) is 0 Å². The van der Waals surface area contributed by atoms with E-state index in [2.05, 4.69) is 32.5 Å². The standard InChI is InChI=1S/C24H26N6O3/c1-3-7-21-25-20(15-31)22(24(32)33-4-2)30(21)14-16-10-12-17(13-11-16)18-8-5-6-9-19(18)23-26-28-29-27-23/h5-6,8-13,31H,3-4,7,14-15H2,1-2H3,(H,26,27,28,29). The third-order valence-corrected chi connectivity index (χ3v) is 5.33. The fraction of sp³-hybridized carbons (Fsp3) is 0.292. The Morgan fingerprint density at radius 3 is 2.48 bits per heavy atom. The first-order chi connectivity index (χ1) is 16.2. The number of ether oxygens (including phenoxy) is 1. The minimum Gasteiger partial charge on any atom is -0.461 e. The van der Waals surface area contributed by atoms with Crippen LogP contribution in [-0.4, -0.2) is 47.9 Å². The molecule has 0 saturated heterocycles. The summed E-state index contributed by atoms with van der Waals surface area (Å²) in [5.41, 5.74) is 4.56. The van der Waals surface area contributed by atoms with Gasteiger partial charge in [-0.1, -0.05) is 55.5 Å². The third-order valence-electron chi connectivity index (χ3n) is 5.33. The van der Waals surface area contributed by atoms with Crippen molar-refractivity contribution >= 4 is 5.97 Å². The number of aliphatic hydroxyl groups is 1. The molecule has 0 atom stereocenters. The average molecular weight is 447 g/mol. The van der Waals surface area contributed by atoms with Crippen LogP contribution in [0.5, 0.6) is 0 Å². The number of aliphatic hydroxyl groups excluding tert-OH is 1. The Morgan fingerprint density at radius 2 is 1.85 bits per heavy atom. The molecule has 9 heteroatoms. The molecule has 4 aromatic rings. The largest absolute Gasteiger partial charge is 0.461 e. The number of hydrogen-bond donors (Lipinski definition) is 2. The number of benzene rings is 2. The molecular weight excluding hydrogens is 420 g/mol. The molecular formula is C24H26N6O3. The number of aromatic nitrogens is 6. The van der Waals surface area contributed by atoms with Crippen molar-refractivity contribution < 1.29 is 14.6 Å². The number of nitrogens with zero attached hydrogens (tertiary/aromatic N) is 5. The van der Waals surface area contributed by atoms with E-state index >= 15 is 0 Å². The molecule has 2 aromatic heterocycles. The summed E-state index contributed by atoms with van der Waals surface area (Å²) in [5, 5.41) is 24.1. The molecule has 0 unspecified atom stereocenters. The van der Waals surface area contributed by atoms with Gasteiger partial charge in [-0.25, -0.2) is 9.78 Å². The van der Waals surface area contributed by atoms with Gasteiger partial charge in [0, 0.05) is 18.5 Å². The van der Waals surface area contributed by atoms with E-state index in [1.54, 1.807) is 6.92 Å². The molecule has 0 saturated carbocycles. The number of carbonyl (C=O) groups is 1. The van der Waals surface area contributed by atoms with Crippen molar-refractivity contribution in [2.45, 2.75) is 39.8 Å². The zero-order valence-electron chi connectivity index (χ0n) is 18.7. The van der Waals surface area contributed by atoms with Gasteiger partial charge in [0.05, 0.1) is 18.9 Å². The highest BCUT2D eigenvalue weighted by Crippen LogP contribution is 2.30. The number of aromatic amines is 1. The Labute approximate surface area is 191 Å². The smallest absolute Gasteiger partial charge is 0.357 e. The van der Waals surface area contributed by atoms with Crippen molar-refractivity contribution in [2.24, 2.45) is 0 Å². The van der Waals surface area contributed by atoms with Gasteiger partial charge in [-0.15, -0.1) is 10.2 Å². The first-order valence-electron chi connectivity index (χ1n) is 10.9. The predicted octanol–water partition coefficient (Wildman–Crippen LogP) is 3.40. The monoisotopic (exact) mass is 446 g/mol. The second-order valence-electron chi connectivity index (χ2n) is 7.52. The van der Waals surface area contributed by atoms with Crippen LogP contribution >= 0.6 is 0 Å². The average Bonchev–Trinajstić information content (AvgIpc) is 3.49. The lowest BCUT2D eigenvalue weighted by Gasteiger charge is -2.13. The maximum Gasteiger partial charge on any atom is 0.357 e. The van der Waals surface area contributed by atoms with Gasteiger partial charge in [0.1, 0.15) is 5.82 Å². The summed E-state index contributed by atoms with van der Waals surface area (Å²) in [6.07, 6.45) is 1.57. The number of rotatable bonds is 9. The van der Waals surface area contributed by atoms with Gasteiger partial charge in [0.25, 0.3) is 0 Å². The molecule has 0 bridgehead atoms. The fourth-order valence-corrected chi connectivity index (χ4v) is 3.85. The number of carbonyl (C=O) groups excluding carboxylic acids is 1. The van der Waals surface area contributed by atoms with Crippen molar-refractivity contribution in [1.29, 1.82) is 0 Å². The van der Waals surface area contributed by atoms with Crippen LogP contribution < -0.4 is 0 Å². The van der Waals surface area contributed by atoms with Gasteiger partial charge in [0.15, 0.2) is 5.69 Å². The molecule has 0 radical (unpaired) electrons. The summed E-state index contributed by atoms with van der Waals surface area (Å²) in [6.45, 7) is 4.20. The van der Waals surface area contributed by atoms with E-state index in [4.69, 9.17) is 4.74 Å². The number of esters is 1. The SMILES string of the molecule is CCCc1nc(CO)c(C(=O)OCC)n1Cc1ccc(-c2ccccc2-c2nn[nH]n2)cc1. The minimum atomic E-state index is -0.470. The van der Waals surface area contributed by atoms with Gasteiger partial charge in [-0.2, -0.15) is 5.21 Å². The zero-order chi connectivity index (χ0) is 23.2. The van der Waals surface area contributed by atoms with Crippen molar-refractivity contribution in [3.8, 4) is 22.5 Å². The molecule has 0 aliphatic heterocycles. The molecule has 33 heavy (non-hydrogen) atoms. The Hall–Kier alpha value is -3.85. The number of aryl methyl sites for hydroxylation is 1. The number of nitrogens with one attached hydrogen (secondary N) is 1. The molecule has 2 aromatic carbocycles. The highest BCUT2D eigenvalue weighted by molar-refractivity contribution is 5.89. The highest BCUT2D eigenvalue weighted by Gasteiger charge is 2.23. The topological polar surface area (TPSA) is 119 Å². The van der Waals surface area contributed by atoms with Crippen LogP contribution in [0.2, 0.25) is 0 Å². The molecule has 0 amide bonds. The maximum absolute atomic E-state index is 12.6. The lowest BCUT2D eigenvalue weighted by Crippen LogP contribution is -2.16. The summed E-state index contributed by atoms with van der Waals surface area (Å²) in [4.78, 5) is 17.1. The molecule has 0 aliphatic carbocycles. The van der Waals surface area contributed by atoms with Crippen LogP contribution in [0.4, 0.5) is 0 Å². The predicted molar refractivity (Wildman–Crippen MR) is 122 cm³/mol. The van der Waals surface area contributed by atoms with Gasteiger partial charge >= 0.3 is 5.97 Å². The lowest BCUT2D eigenvalue weighted by atomic mass is 9.98. The Balaban J connectivity index is 1.67. The van der Waals surface area contributed by atoms with E-state index < -0.39 is 5.97 Å². The summed E-state index contributed by atoms with van der Waals surface area (Å²) < 4.78 is 7.09. The quantitative estimate of drug-likeness (QED) is 0.378. The second-order valence-corrected chi connectivity index (χ2v) is 7.52. The van der Waals surface area contributed by atoms with Crippen molar-refractivity contribution in [3.63, 3.8) is 0 Å². The van der Waals surface area contributed by atoms with E-state index in [0.717, 1.165) is 34.5 Å². The molecule has 2 heterocycles. The third kappa shape index (κ3) is 4.68.